The van der Waals surface area contributed by atoms with Crippen molar-refractivity contribution in [1.82, 2.24) is 0 Å². The summed E-state index contributed by atoms with van der Waals surface area (Å²) in [5.74, 6) is 0.817. The zero-order valence-electron chi connectivity index (χ0n) is 6.25. The smallest absolute Gasteiger partial charge is 0.133 e. The molecule has 0 amide bonds. The van der Waals surface area contributed by atoms with Gasteiger partial charge in [0.1, 0.15) is 5.78 Å². The summed E-state index contributed by atoms with van der Waals surface area (Å²) >= 11 is 0. The number of carbonyl (C=O) groups excluding carboxylic acids is 1. The molecule has 1 heterocycles. The zero-order chi connectivity index (χ0) is 7.68. The van der Waals surface area contributed by atoms with E-state index in [0.717, 1.165) is 12.8 Å². The van der Waals surface area contributed by atoms with E-state index in [1.165, 1.54) is 5.56 Å². The minimum atomic E-state index is 0.385. The Morgan fingerprint density at radius 2 is 2.45 bits per heavy atom. The SMILES string of the molecule is O=C1CCC(c2ccoc2)C1. The van der Waals surface area contributed by atoms with E-state index in [1.54, 1.807) is 12.5 Å². The van der Waals surface area contributed by atoms with Gasteiger partial charge in [0.2, 0.25) is 0 Å². The topological polar surface area (TPSA) is 30.2 Å². The molecule has 0 spiro atoms. The summed E-state index contributed by atoms with van der Waals surface area (Å²) in [6.07, 6.45) is 5.86. The average molecular weight is 150 g/mol. The molecule has 0 bridgehead atoms. The lowest BCUT2D eigenvalue weighted by atomic mass is 10.0. The molecule has 2 nitrogen and oxygen atoms in total. The summed E-state index contributed by atoms with van der Waals surface area (Å²) in [4.78, 5) is 10.9. The van der Waals surface area contributed by atoms with Crippen LogP contribution in [-0.4, -0.2) is 5.78 Å². The number of furan rings is 1. The molecule has 2 heteroatoms. The lowest BCUT2D eigenvalue weighted by molar-refractivity contribution is -0.117. The van der Waals surface area contributed by atoms with Gasteiger partial charge in [0.15, 0.2) is 0 Å². The lowest BCUT2D eigenvalue weighted by Gasteiger charge is -2.01. The van der Waals surface area contributed by atoms with Crippen molar-refractivity contribution >= 4 is 5.78 Å². The van der Waals surface area contributed by atoms with E-state index in [2.05, 4.69) is 0 Å². The predicted octanol–water partition coefficient (Wildman–Crippen LogP) is 2.12. The predicted molar refractivity (Wildman–Crippen MR) is 40.3 cm³/mol. The first-order chi connectivity index (χ1) is 5.36. The van der Waals surface area contributed by atoms with Gasteiger partial charge in [-0.25, -0.2) is 0 Å². The lowest BCUT2D eigenvalue weighted by Crippen LogP contribution is -1.91. The molecule has 0 aromatic carbocycles. The van der Waals surface area contributed by atoms with Gasteiger partial charge in [0.05, 0.1) is 12.5 Å². The number of hydrogen-bond acceptors (Lipinski definition) is 2. The van der Waals surface area contributed by atoms with Crippen LogP contribution in [0.5, 0.6) is 0 Å². The molecule has 1 aliphatic carbocycles. The van der Waals surface area contributed by atoms with E-state index in [-0.39, 0.29) is 0 Å². The second kappa shape index (κ2) is 2.53. The molecule has 0 radical (unpaired) electrons. The van der Waals surface area contributed by atoms with Crippen molar-refractivity contribution in [3.63, 3.8) is 0 Å². The van der Waals surface area contributed by atoms with Crippen molar-refractivity contribution in [2.45, 2.75) is 25.2 Å². The standard InChI is InChI=1S/C9H10O2/c10-9-2-1-7(5-9)8-3-4-11-6-8/h3-4,6-7H,1-2,5H2. The molecule has 0 aliphatic heterocycles. The Hall–Kier alpha value is -1.05. The minimum Gasteiger partial charge on any atom is -0.472 e. The van der Waals surface area contributed by atoms with E-state index in [4.69, 9.17) is 4.42 Å². The molecule has 1 atom stereocenters. The molecular formula is C9H10O2. The van der Waals surface area contributed by atoms with Crippen LogP contribution in [0, 0.1) is 0 Å². The van der Waals surface area contributed by atoms with Crippen LogP contribution < -0.4 is 0 Å². The molecule has 0 saturated heterocycles. The normalized spacial score (nSPS) is 24.4. The Bertz CT molecular complexity index is 249. The van der Waals surface area contributed by atoms with Crippen molar-refractivity contribution in [1.29, 1.82) is 0 Å². The van der Waals surface area contributed by atoms with Crippen LogP contribution in [0.25, 0.3) is 0 Å². The molecule has 1 saturated carbocycles. The van der Waals surface area contributed by atoms with Crippen LogP contribution in [-0.2, 0) is 4.79 Å². The first-order valence-electron chi connectivity index (χ1n) is 3.90. The number of rotatable bonds is 1. The van der Waals surface area contributed by atoms with Crippen molar-refractivity contribution in [3.8, 4) is 0 Å². The highest BCUT2D eigenvalue weighted by molar-refractivity contribution is 5.81. The van der Waals surface area contributed by atoms with E-state index >= 15 is 0 Å². The van der Waals surface area contributed by atoms with Gasteiger partial charge in [0.25, 0.3) is 0 Å². The first kappa shape index (κ1) is 6.65. The number of Topliss-reactive ketones (excluding diaryl/α,β-unsaturated/α-hetero) is 1. The van der Waals surface area contributed by atoms with Gasteiger partial charge in [0, 0.05) is 12.8 Å². The van der Waals surface area contributed by atoms with Gasteiger partial charge in [-0.3, -0.25) is 4.79 Å². The molecular weight excluding hydrogens is 140 g/mol. The van der Waals surface area contributed by atoms with Crippen LogP contribution in [0.2, 0.25) is 0 Å². The Labute approximate surface area is 65.2 Å². The van der Waals surface area contributed by atoms with E-state index < -0.39 is 0 Å². The number of ketones is 1. The van der Waals surface area contributed by atoms with E-state index in [9.17, 15) is 4.79 Å². The summed E-state index contributed by atoms with van der Waals surface area (Å²) in [7, 11) is 0. The molecule has 1 unspecified atom stereocenters. The van der Waals surface area contributed by atoms with Gasteiger partial charge < -0.3 is 4.42 Å². The molecule has 58 valence electrons. The van der Waals surface area contributed by atoms with Gasteiger partial charge in [-0.1, -0.05) is 0 Å². The van der Waals surface area contributed by atoms with Crippen LogP contribution >= 0.6 is 0 Å². The van der Waals surface area contributed by atoms with Crippen LogP contribution in [0.1, 0.15) is 30.7 Å². The Kier molecular flexibility index (Phi) is 1.53. The third-order valence-electron chi connectivity index (χ3n) is 2.26. The fraction of sp³-hybridized carbons (Fsp3) is 0.444. The van der Waals surface area contributed by atoms with Crippen molar-refractivity contribution in [3.05, 3.63) is 24.2 Å². The molecule has 0 N–H and O–H groups in total. The number of hydrogen-bond donors (Lipinski definition) is 0. The highest BCUT2D eigenvalue weighted by atomic mass is 16.3. The van der Waals surface area contributed by atoms with Gasteiger partial charge in [-0.05, 0) is 24.0 Å². The quantitative estimate of drug-likeness (QED) is 0.613. The highest BCUT2D eigenvalue weighted by Crippen LogP contribution is 2.31. The summed E-state index contributed by atoms with van der Waals surface area (Å²) in [5, 5.41) is 0. The largest absolute Gasteiger partial charge is 0.472 e. The zero-order valence-corrected chi connectivity index (χ0v) is 6.25. The third kappa shape index (κ3) is 1.20. The van der Waals surface area contributed by atoms with Crippen molar-refractivity contribution in [2.24, 2.45) is 0 Å². The first-order valence-corrected chi connectivity index (χ1v) is 3.90. The van der Waals surface area contributed by atoms with Gasteiger partial charge >= 0.3 is 0 Å². The summed E-state index contributed by atoms with van der Waals surface area (Å²) < 4.78 is 4.95. The van der Waals surface area contributed by atoms with Crippen molar-refractivity contribution in [2.75, 3.05) is 0 Å². The van der Waals surface area contributed by atoms with Crippen LogP contribution in [0.3, 0.4) is 0 Å². The average Bonchev–Trinajstić information content (AvgIpc) is 2.55. The Morgan fingerprint density at radius 3 is 3.00 bits per heavy atom. The highest BCUT2D eigenvalue weighted by Gasteiger charge is 2.23. The molecule has 11 heavy (non-hydrogen) atoms. The summed E-state index contributed by atoms with van der Waals surface area (Å²) in [5.41, 5.74) is 1.18. The summed E-state index contributed by atoms with van der Waals surface area (Å²) in [6.45, 7) is 0. The minimum absolute atomic E-state index is 0.385. The number of carbonyl (C=O) groups is 1. The second-order valence-electron chi connectivity index (χ2n) is 3.04. The van der Waals surface area contributed by atoms with Crippen LogP contribution in [0.4, 0.5) is 0 Å². The maximum Gasteiger partial charge on any atom is 0.133 e. The van der Waals surface area contributed by atoms with Crippen molar-refractivity contribution < 1.29 is 9.21 Å². The maximum absolute atomic E-state index is 10.9. The fourth-order valence-electron chi connectivity index (χ4n) is 1.61. The maximum atomic E-state index is 10.9. The molecule has 1 aliphatic rings. The monoisotopic (exact) mass is 150 g/mol. The Balaban J connectivity index is 2.13. The summed E-state index contributed by atoms with van der Waals surface area (Å²) in [6, 6.07) is 1.95. The molecule has 1 aromatic rings. The Morgan fingerprint density at radius 1 is 1.55 bits per heavy atom. The van der Waals surface area contributed by atoms with Gasteiger partial charge in [-0.2, -0.15) is 0 Å². The molecule has 1 aromatic heterocycles. The van der Waals surface area contributed by atoms with Gasteiger partial charge in [-0.15, -0.1) is 0 Å². The van der Waals surface area contributed by atoms with Crippen LogP contribution in [0.15, 0.2) is 23.0 Å². The third-order valence-corrected chi connectivity index (χ3v) is 2.26. The second-order valence-corrected chi connectivity index (χ2v) is 3.04. The molecule has 1 fully saturated rings. The molecule has 2 rings (SSSR count). The fourth-order valence-corrected chi connectivity index (χ4v) is 1.61. The van der Waals surface area contributed by atoms with E-state index in [0.29, 0.717) is 18.1 Å². The van der Waals surface area contributed by atoms with E-state index in [1.807, 2.05) is 6.07 Å².